The van der Waals surface area contributed by atoms with Crippen LogP contribution in [0.4, 0.5) is 0 Å². The molecule has 0 saturated heterocycles. The van der Waals surface area contributed by atoms with Crippen LogP contribution in [0.3, 0.4) is 0 Å². The van der Waals surface area contributed by atoms with Crippen LogP contribution in [0.5, 0.6) is 17.2 Å². The molecule has 4 radical (unpaired) electrons. The van der Waals surface area contributed by atoms with Gasteiger partial charge >= 0.3 is 8.05 Å². The second-order valence-electron chi connectivity index (χ2n) is 5.50. The normalized spacial score (nSPS) is 13.0. The van der Waals surface area contributed by atoms with E-state index in [4.69, 9.17) is 34.1 Å². The molecule has 0 bridgehead atoms. The molecule has 0 fully saturated rings. The number of hydrogen-bond donors (Lipinski definition) is 0. The zero-order valence-electron chi connectivity index (χ0n) is 13.0. The number of nitrogens with zero attached hydrogens (tertiary/aromatic N) is 1. The van der Waals surface area contributed by atoms with E-state index in [1.165, 1.54) is 0 Å². The van der Waals surface area contributed by atoms with E-state index in [9.17, 15) is 0 Å². The molecule has 2 heterocycles. The minimum Gasteiger partial charge on any atom is -0.565 e. The van der Waals surface area contributed by atoms with Gasteiger partial charge in [0.2, 0.25) is 5.75 Å². The summed E-state index contributed by atoms with van der Waals surface area (Å²) in [6.45, 7) is 6.75. The second-order valence-corrected chi connectivity index (χ2v) is 5.50. The first kappa shape index (κ1) is 14.9. The number of pyridine rings is 1. The molecule has 24 heavy (non-hydrogen) atoms. The maximum absolute atomic E-state index is 5.80. The van der Waals surface area contributed by atoms with Crippen molar-refractivity contribution in [2.75, 3.05) is 13.2 Å². The van der Waals surface area contributed by atoms with Gasteiger partial charge in [-0.25, -0.2) is 0 Å². The van der Waals surface area contributed by atoms with Crippen molar-refractivity contribution in [3.05, 3.63) is 55.1 Å². The van der Waals surface area contributed by atoms with Gasteiger partial charge in [0.25, 0.3) is 0 Å². The fraction of sp³-hybridized carbons (Fsp3) is 0.158. The Morgan fingerprint density at radius 3 is 2.79 bits per heavy atom. The third kappa shape index (κ3) is 2.46. The summed E-state index contributed by atoms with van der Waals surface area (Å²) >= 11 is 0. The van der Waals surface area contributed by atoms with Crippen LogP contribution in [0.25, 0.3) is 22.0 Å². The summed E-state index contributed by atoms with van der Waals surface area (Å²) in [4.78, 5) is 4.70. The smallest absolute Gasteiger partial charge is 0.374 e. The maximum atomic E-state index is 5.80. The number of aromatic nitrogens is 1. The molecule has 4 nitrogen and oxygen atoms in total. The van der Waals surface area contributed by atoms with E-state index in [1.54, 1.807) is 0 Å². The summed E-state index contributed by atoms with van der Waals surface area (Å²) in [7, 11) is 5.41. The van der Waals surface area contributed by atoms with Crippen molar-refractivity contribution < 1.29 is 14.1 Å². The molecule has 0 amide bonds. The lowest BCUT2D eigenvalue weighted by Crippen LogP contribution is -2.16. The first-order valence-corrected chi connectivity index (χ1v) is 7.69. The van der Waals surface area contributed by atoms with Gasteiger partial charge in [0.15, 0.2) is 5.75 Å². The van der Waals surface area contributed by atoms with E-state index in [0.29, 0.717) is 36.9 Å². The van der Waals surface area contributed by atoms with Gasteiger partial charge in [0.1, 0.15) is 19.0 Å². The minimum absolute atomic E-state index is 0.364. The zero-order valence-corrected chi connectivity index (χ0v) is 13.0. The van der Waals surface area contributed by atoms with Gasteiger partial charge in [-0.1, -0.05) is 24.3 Å². The van der Waals surface area contributed by atoms with Crippen molar-refractivity contribution in [1.82, 2.24) is 4.98 Å². The molecule has 0 aliphatic carbocycles. The molecule has 5 heteroatoms. The Morgan fingerprint density at radius 1 is 1.12 bits per heavy atom. The Bertz CT molecular complexity index is 893. The van der Waals surface area contributed by atoms with Crippen molar-refractivity contribution in [2.24, 2.45) is 0 Å². The molecule has 3 aromatic rings. The molecule has 2 aromatic carbocycles. The first-order valence-electron chi connectivity index (χ1n) is 7.69. The first-order chi connectivity index (χ1) is 11.8. The average molecular weight is 315 g/mol. The van der Waals surface area contributed by atoms with Crippen LogP contribution in [-0.2, 0) is 6.42 Å². The van der Waals surface area contributed by atoms with E-state index < -0.39 is 0 Å². The third-order valence-corrected chi connectivity index (χ3v) is 4.01. The van der Waals surface area contributed by atoms with Crippen molar-refractivity contribution in [2.45, 2.75) is 6.42 Å². The van der Waals surface area contributed by atoms with Crippen LogP contribution < -0.4 is 14.1 Å². The molecule has 1 aliphatic rings. The SMILES string of the molecule is [B]Oc1cc(-c2nc(C[CH])cc3ccccc23)cc2c1OCCO2. The van der Waals surface area contributed by atoms with Crippen LogP contribution in [-0.4, -0.2) is 26.2 Å². The van der Waals surface area contributed by atoms with Crippen molar-refractivity contribution in [3.63, 3.8) is 0 Å². The number of hydrogen-bond acceptors (Lipinski definition) is 4. The lowest BCUT2D eigenvalue weighted by atomic mass is 10.0. The van der Waals surface area contributed by atoms with Gasteiger partial charge < -0.3 is 14.1 Å². The molecular formula is C19H14BNO3. The number of fused-ring (bicyclic) bond motifs is 2. The van der Waals surface area contributed by atoms with Gasteiger partial charge in [0, 0.05) is 16.6 Å². The monoisotopic (exact) mass is 315 g/mol. The molecular weight excluding hydrogens is 301 g/mol. The largest absolute Gasteiger partial charge is 0.565 e. The van der Waals surface area contributed by atoms with Crippen LogP contribution in [0.1, 0.15) is 5.69 Å². The predicted octanol–water partition coefficient (Wildman–Crippen LogP) is 3.39. The molecule has 4 rings (SSSR count). The molecule has 0 unspecified atom stereocenters. The lowest BCUT2D eigenvalue weighted by Gasteiger charge is -2.22. The predicted molar refractivity (Wildman–Crippen MR) is 92.6 cm³/mol. The minimum atomic E-state index is 0.364. The second kappa shape index (κ2) is 6.08. The van der Waals surface area contributed by atoms with Crippen LogP contribution in [0, 0.1) is 6.92 Å². The van der Waals surface area contributed by atoms with Crippen LogP contribution >= 0.6 is 0 Å². The Hall–Kier alpha value is -2.69. The lowest BCUT2D eigenvalue weighted by molar-refractivity contribution is 0.168. The van der Waals surface area contributed by atoms with Gasteiger partial charge in [-0.3, -0.25) is 4.98 Å². The Balaban J connectivity index is 1.97. The topological polar surface area (TPSA) is 40.6 Å². The molecule has 0 atom stereocenters. The highest BCUT2D eigenvalue weighted by molar-refractivity contribution is 6.01. The van der Waals surface area contributed by atoms with Crippen molar-refractivity contribution in [1.29, 1.82) is 0 Å². The van der Waals surface area contributed by atoms with Gasteiger partial charge in [-0.2, -0.15) is 0 Å². The fourth-order valence-electron chi connectivity index (χ4n) is 2.92. The molecule has 0 N–H and O–H groups in total. The highest BCUT2D eigenvalue weighted by Gasteiger charge is 2.20. The van der Waals surface area contributed by atoms with E-state index in [0.717, 1.165) is 27.7 Å². The van der Waals surface area contributed by atoms with E-state index in [-0.39, 0.29) is 0 Å². The Labute approximate surface area is 141 Å². The number of rotatable bonds is 3. The quantitative estimate of drug-likeness (QED) is 0.695. The Morgan fingerprint density at radius 2 is 1.96 bits per heavy atom. The van der Waals surface area contributed by atoms with Crippen molar-refractivity contribution in [3.8, 4) is 28.5 Å². The van der Waals surface area contributed by atoms with Crippen molar-refractivity contribution >= 4 is 18.8 Å². The number of ether oxygens (including phenoxy) is 2. The van der Waals surface area contributed by atoms with Gasteiger partial charge in [0.05, 0.1) is 5.69 Å². The van der Waals surface area contributed by atoms with E-state index in [2.05, 4.69) is 0 Å². The van der Waals surface area contributed by atoms with E-state index >= 15 is 0 Å². The fourth-order valence-corrected chi connectivity index (χ4v) is 2.92. The molecule has 116 valence electrons. The Kier molecular flexibility index (Phi) is 3.77. The zero-order chi connectivity index (χ0) is 16.5. The highest BCUT2D eigenvalue weighted by Crippen LogP contribution is 2.43. The summed E-state index contributed by atoms with van der Waals surface area (Å²) < 4.78 is 16.3. The summed E-state index contributed by atoms with van der Waals surface area (Å²) in [5, 5.41) is 2.10. The van der Waals surface area contributed by atoms with E-state index in [1.807, 2.05) is 42.5 Å². The van der Waals surface area contributed by atoms with Crippen LogP contribution in [0.2, 0.25) is 0 Å². The summed E-state index contributed by atoms with van der Waals surface area (Å²) in [5.41, 5.74) is 2.46. The van der Waals surface area contributed by atoms with Crippen LogP contribution in [0.15, 0.2) is 42.5 Å². The molecule has 1 aliphatic heterocycles. The summed E-state index contributed by atoms with van der Waals surface area (Å²) in [5.74, 6) is 1.54. The van der Waals surface area contributed by atoms with Gasteiger partial charge in [-0.05, 0) is 36.9 Å². The third-order valence-electron chi connectivity index (χ3n) is 4.01. The summed E-state index contributed by atoms with van der Waals surface area (Å²) in [6.07, 6.45) is 0.364. The average Bonchev–Trinajstić information content (AvgIpc) is 2.66. The number of benzene rings is 2. The summed E-state index contributed by atoms with van der Waals surface area (Å²) in [6, 6.07) is 13.7. The maximum Gasteiger partial charge on any atom is 0.374 e. The molecule has 1 aromatic heterocycles. The highest BCUT2D eigenvalue weighted by atomic mass is 16.6. The molecule has 0 spiro atoms. The van der Waals surface area contributed by atoms with Gasteiger partial charge in [-0.15, -0.1) is 0 Å². The standard InChI is InChI=1S/C19H14BNO3/c1-2-14-9-12-5-3-4-6-15(12)18(21-14)13-10-16-19(17(11-13)24-20)23-8-7-22-16/h1,3-6,9-11H,2,7-8H2. The molecule has 0 saturated carbocycles.